The van der Waals surface area contributed by atoms with Crippen LogP contribution in [0.2, 0.25) is 0 Å². The van der Waals surface area contributed by atoms with Gasteiger partial charge in [-0.25, -0.2) is 0 Å². The molecule has 4 rings (SSSR count). The van der Waals surface area contributed by atoms with E-state index < -0.39 is 5.92 Å². The van der Waals surface area contributed by atoms with Gasteiger partial charge in [0, 0.05) is 5.56 Å². The molecule has 3 N–H and O–H groups in total. The minimum absolute atomic E-state index is 0.0307. The van der Waals surface area contributed by atoms with E-state index in [1.807, 2.05) is 56.3 Å². The van der Waals surface area contributed by atoms with Crippen LogP contribution in [0.25, 0.3) is 11.3 Å². The molecule has 0 radical (unpaired) electrons. The number of hydrogen-bond donors (Lipinski definition) is 2. The van der Waals surface area contributed by atoms with Crippen molar-refractivity contribution in [2.45, 2.75) is 25.9 Å². The monoisotopic (exact) mass is 432 g/mol. The Morgan fingerprint density at radius 2 is 1.81 bits per heavy atom. The lowest BCUT2D eigenvalue weighted by atomic mass is 9.83. The van der Waals surface area contributed by atoms with Crippen LogP contribution in [0, 0.1) is 11.3 Å². The van der Waals surface area contributed by atoms with Crippen molar-refractivity contribution in [3.05, 3.63) is 65.0 Å². The van der Waals surface area contributed by atoms with Crippen molar-refractivity contribution in [3.8, 4) is 40.5 Å². The highest BCUT2D eigenvalue weighted by Gasteiger charge is 2.36. The number of ether oxygens (including phenoxy) is 4. The Hall–Kier alpha value is -4.12. The Morgan fingerprint density at radius 3 is 2.44 bits per heavy atom. The number of aromatic nitrogens is 2. The first-order valence-electron chi connectivity index (χ1n) is 10.1. The van der Waals surface area contributed by atoms with Gasteiger partial charge in [0.15, 0.2) is 0 Å². The molecule has 2 aromatic carbocycles. The van der Waals surface area contributed by atoms with Crippen LogP contribution in [0.4, 0.5) is 0 Å². The maximum absolute atomic E-state index is 9.91. The molecule has 0 bridgehead atoms. The highest BCUT2D eigenvalue weighted by atomic mass is 16.5. The third-order valence-electron chi connectivity index (χ3n) is 5.20. The maximum Gasteiger partial charge on any atom is 0.244 e. The van der Waals surface area contributed by atoms with Crippen LogP contribution in [0.3, 0.4) is 0 Å². The maximum atomic E-state index is 9.91. The van der Waals surface area contributed by atoms with Crippen LogP contribution in [0.15, 0.2) is 53.9 Å². The van der Waals surface area contributed by atoms with Gasteiger partial charge in [0.25, 0.3) is 0 Å². The van der Waals surface area contributed by atoms with Crippen molar-refractivity contribution in [3.63, 3.8) is 0 Å². The zero-order valence-corrected chi connectivity index (χ0v) is 18.3. The molecule has 1 aliphatic rings. The molecule has 8 heteroatoms. The number of benzene rings is 2. The highest BCUT2D eigenvalue weighted by Crippen LogP contribution is 2.47. The lowest BCUT2D eigenvalue weighted by Crippen LogP contribution is -2.21. The number of fused-ring (bicyclic) bond motifs is 1. The van der Waals surface area contributed by atoms with Gasteiger partial charge in [0.2, 0.25) is 11.8 Å². The van der Waals surface area contributed by atoms with Crippen LogP contribution in [0.5, 0.6) is 23.1 Å². The number of hydrogen-bond acceptors (Lipinski definition) is 7. The van der Waals surface area contributed by atoms with Gasteiger partial charge in [-0.15, -0.1) is 5.10 Å². The van der Waals surface area contributed by atoms with Gasteiger partial charge in [0.1, 0.15) is 28.9 Å². The molecule has 0 aliphatic carbocycles. The number of aromatic amines is 1. The van der Waals surface area contributed by atoms with Crippen LogP contribution in [-0.2, 0) is 0 Å². The molecule has 0 amide bonds. The van der Waals surface area contributed by atoms with Crippen LogP contribution < -0.4 is 24.7 Å². The zero-order valence-electron chi connectivity index (χ0n) is 18.3. The van der Waals surface area contributed by atoms with Gasteiger partial charge in [-0.2, -0.15) is 5.26 Å². The summed E-state index contributed by atoms with van der Waals surface area (Å²) in [6.45, 7) is 3.93. The van der Waals surface area contributed by atoms with E-state index in [9.17, 15) is 5.26 Å². The van der Waals surface area contributed by atoms with Crippen molar-refractivity contribution in [1.82, 2.24) is 10.2 Å². The minimum Gasteiger partial charge on any atom is -0.497 e. The van der Waals surface area contributed by atoms with Gasteiger partial charge in [-0.05, 0) is 49.7 Å². The van der Waals surface area contributed by atoms with E-state index in [1.54, 1.807) is 14.2 Å². The Bertz CT molecular complexity index is 1210. The lowest BCUT2D eigenvalue weighted by molar-refractivity contribution is 0.242. The van der Waals surface area contributed by atoms with Gasteiger partial charge >= 0.3 is 0 Å². The molecule has 0 saturated carbocycles. The van der Waals surface area contributed by atoms with E-state index in [2.05, 4.69) is 16.3 Å². The number of nitrogens with one attached hydrogen (secondary N) is 1. The van der Waals surface area contributed by atoms with E-state index in [1.165, 1.54) is 0 Å². The van der Waals surface area contributed by atoms with Gasteiger partial charge in [-0.3, -0.25) is 5.10 Å². The molecule has 1 atom stereocenters. The first-order valence-corrected chi connectivity index (χ1v) is 10.1. The fraction of sp³-hybridized carbons (Fsp3) is 0.250. The smallest absolute Gasteiger partial charge is 0.244 e. The molecule has 1 aliphatic heterocycles. The number of allylic oxidation sites excluding steroid dienone is 1. The van der Waals surface area contributed by atoms with Crippen LogP contribution >= 0.6 is 0 Å². The Balaban J connectivity index is 1.89. The number of nitrogens with zero attached hydrogens (tertiary/aromatic N) is 2. The van der Waals surface area contributed by atoms with Crippen LogP contribution in [-0.4, -0.2) is 30.5 Å². The zero-order chi connectivity index (χ0) is 22.8. The highest BCUT2D eigenvalue weighted by molar-refractivity contribution is 5.76. The summed E-state index contributed by atoms with van der Waals surface area (Å²) in [6.07, 6.45) is 0.0572. The number of H-pyrrole nitrogens is 1. The standard InChI is InChI=1S/C24H24N4O4/c1-13(2)31-15-7-5-14(6-8-15)20-18(12-25)23(26)32-24-21(20)22(27-28-24)17-11-16(29-3)9-10-19(17)30-4/h5-11,13,20H,26H2,1-4H3,(H,27,28)/t20-/m0/s1. The fourth-order valence-corrected chi connectivity index (χ4v) is 3.80. The number of nitriles is 1. The molecule has 3 aromatic rings. The van der Waals surface area contributed by atoms with E-state index in [0.29, 0.717) is 34.2 Å². The second-order valence-corrected chi connectivity index (χ2v) is 7.54. The second kappa shape index (κ2) is 8.55. The third kappa shape index (κ3) is 3.69. The normalized spacial score (nSPS) is 15.1. The van der Waals surface area contributed by atoms with Crippen molar-refractivity contribution in [1.29, 1.82) is 5.26 Å². The molecule has 8 nitrogen and oxygen atoms in total. The van der Waals surface area contributed by atoms with Crippen LogP contribution in [0.1, 0.15) is 30.9 Å². The van der Waals surface area contributed by atoms with Gasteiger partial charge in [0.05, 0.1) is 37.5 Å². The summed E-state index contributed by atoms with van der Waals surface area (Å²) in [5.74, 6) is 1.88. The largest absolute Gasteiger partial charge is 0.497 e. The summed E-state index contributed by atoms with van der Waals surface area (Å²) in [4.78, 5) is 0. The van der Waals surface area contributed by atoms with E-state index in [-0.39, 0.29) is 12.0 Å². The van der Waals surface area contributed by atoms with E-state index in [4.69, 9.17) is 24.7 Å². The summed E-state index contributed by atoms with van der Waals surface area (Å²) in [7, 11) is 3.19. The number of methoxy groups -OCH3 is 2. The summed E-state index contributed by atoms with van der Waals surface area (Å²) in [6, 6.07) is 15.3. The third-order valence-corrected chi connectivity index (χ3v) is 5.20. The molecule has 0 unspecified atom stereocenters. The molecular weight excluding hydrogens is 408 g/mol. The number of rotatable bonds is 6. The molecule has 1 aromatic heterocycles. The van der Waals surface area contributed by atoms with Gasteiger partial charge < -0.3 is 24.7 Å². The summed E-state index contributed by atoms with van der Waals surface area (Å²) >= 11 is 0. The van der Waals surface area contributed by atoms with Crippen molar-refractivity contribution < 1.29 is 18.9 Å². The Morgan fingerprint density at radius 1 is 1.09 bits per heavy atom. The molecule has 2 heterocycles. The average Bonchev–Trinajstić information content (AvgIpc) is 3.21. The predicted molar refractivity (Wildman–Crippen MR) is 119 cm³/mol. The Labute approximate surface area is 186 Å². The second-order valence-electron chi connectivity index (χ2n) is 7.54. The minimum atomic E-state index is -0.485. The van der Waals surface area contributed by atoms with E-state index in [0.717, 1.165) is 16.9 Å². The molecule has 0 spiro atoms. The quantitative estimate of drug-likeness (QED) is 0.602. The molecule has 0 fully saturated rings. The van der Waals surface area contributed by atoms with Crippen molar-refractivity contribution >= 4 is 0 Å². The van der Waals surface area contributed by atoms with Crippen molar-refractivity contribution in [2.75, 3.05) is 14.2 Å². The first-order chi connectivity index (χ1) is 15.5. The Kier molecular flexibility index (Phi) is 5.65. The van der Waals surface area contributed by atoms with Crippen molar-refractivity contribution in [2.24, 2.45) is 5.73 Å². The fourth-order valence-electron chi connectivity index (χ4n) is 3.80. The summed E-state index contributed by atoms with van der Waals surface area (Å²) < 4.78 is 22.4. The van der Waals surface area contributed by atoms with E-state index >= 15 is 0 Å². The SMILES string of the molecule is COc1ccc(OC)c(-c2[nH]nc3c2[C@@H](c2ccc(OC(C)C)cc2)C(C#N)=C(N)O3)c1. The average molecular weight is 432 g/mol. The topological polar surface area (TPSA) is 115 Å². The first kappa shape index (κ1) is 21.1. The lowest BCUT2D eigenvalue weighted by Gasteiger charge is -2.24. The molecular formula is C24H24N4O4. The van der Waals surface area contributed by atoms with Gasteiger partial charge in [-0.1, -0.05) is 12.1 Å². The molecule has 0 saturated heterocycles. The predicted octanol–water partition coefficient (Wildman–Crippen LogP) is 4.10. The molecule has 164 valence electrons. The molecule has 32 heavy (non-hydrogen) atoms. The number of nitrogens with two attached hydrogens (primary N) is 1. The summed E-state index contributed by atoms with van der Waals surface area (Å²) in [5, 5.41) is 17.3. The summed E-state index contributed by atoms with van der Waals surface area (Å²) in [5.41, 5.74) is 9.33.